The summed E-state index contributed by atoms with van der Waals surface area (Å²) in [6.07, 6.45) is -1.00. The van der Waals surface area contributed by atoms with Crippen LogP contribution in [-0.4, -0.2) is 28.7 Å². The van der Waals surface area contributed by atoms with Crippen molar-refractivity contribution in [3.8, 4) is 0 Å². The molecule has 0 aliphatic rings. The van der Waals surface area contributed by atoms with Crippen LogP contribution < -0.4 is 0 Å². The third-order valence-electron chi connectivity index (χ3n) is 1.24. The van der Waals surface area contributed by atoms with Gasteiger partial charge in [0.25, 0.3) is 0 Å². The molecule has 54 valence electrons. The molecule has 0 saturated heterocycles. The maximum Gasteiger partial charge on any atom is 0.158 e. The number of ketones is 1. The highest BCUT2D eigenvalue weighted by atomic mass is 16.3. The number of carbonyl (C=O) groups is 1. The Hall–Kier alpha value is -0.410. The van der Waals surface area contributed by atoms with Crippen LogP contribution in [-0.2, 0) is 4.79 Å². The highest BCUT2D eigenvalue weighted by molar-refractivity contribution is 5.80. The Bertz CT molecular complexity index is 100. The molecular weight excluding hydrogens is 120 g/mol. The second kappa shape index (κ2) is 3.58. The first-order chi connectivity index (χ1) is 4.09. The van der Waals surface area contributed by atoms with Crippen LogP contribution >= 0.6 is 0 Å². The van der Waals surface area contributed by atoms with E-state index in [0.29, 0.717) is 0 Å². The molecule has 9 heavy (non-hydrogen) atoms. The third kappa shape index (κ3) is 2.58. The first-order valence-electron chi connectivity index (χ1n) is 2.89. The summed E-state index contributed by atoms with van der Waals surface area (Å²) >= 11 is 0. The van der Waals surface area contributed by atoms with E-state index in [-0.39, 0.29) is 18.3 Å². The van der Waals surface area contributed by atoms with E-state index in [1.807, 2.05) is 0 Å². The molecule has 0 aromatic heterocycles. The highest BCUT2D eigenvalue weighted by Crippen LogP contribution is 2.01. The van der Waals surface area contributed by atoms with E-state index < -0.39 is 6.10 Å². The summed E-state index contributed by atoms with van der Waals surface area (Å²) in [6.45, 7) is 2.77. The van der Waals surface area contributed by atoms with E-state index in [0.717, 1.165) is 0 Å². The Morgan fingerprint density at radius 2 is 2.11 bits per heavy atom. The van der Waals surface area contributed by atoms with Gasteiger partial charge in [-0.05, 0) is 6.92 Å². The number of Topliss-reactive ketones (excluding diaryl/α,β-unsaturated/α-hetero) is 1. The molecule has 0 aromatic carbocycles. The lowest BCUT2D eigenvalue weighted by Gasteiger charge is -2.11. The molecule has 0 rings (SSSR count). The van der Waals surface area contributed by atoms with Crippen LogP contribution in [0.4, 0.5) is 0 Å². The van der Waals surface area contributed by atoms with E-state index in [9.17, 15) is 4.79 Å². The van der Waals surface area contributed by atoms with E-state index in [2.05, 4.69) is 0 Å². The fraction of sp³-hybridized carbons (Fsp3) is 0.833. The van der Waals surface area contributed by atoms with E-state index in [1.165, 1.54) is 6.92 Å². The average molecular weight is 132 g/mol. The maximum absolute atomic E-state index is 10.4. The van der Waals surface area contributed by atoms with Crippen molar-refractivity contribution < 1.29 is 15.0 Å². The monoisotopic (exact) mass is 132 g/mol. The first kappa shape index (κ1) is 8.59. The van der Waals surface area contributed by atoms with Gasteiger partial charge in [0, 0.05) is 12.5 Å². The zero-order valence-corrected chi connectivity index (χ0v) is 5.66. The van der Waals surface area contributed by atoms with Crippen LogP contribution in [0, 0.1) is 5.92 Å². The minimum atomic E-state index is -1.00. The average Bonchev–Trinajstić information content (AvgIpc) is 1.84. The minimum absolute atomic E-state index is 0.152. The number of aliphatic hydroxyl groups excluding tert-OH is 2. The molecule has 0 saturated carbocycles. The molecule has 0 bridgehead atoms. The van der Waals surface area contributed by atoms with Gasteiger partial charge in [0.05, 0.1) is 0 Å². The van der Waals surface area contributed by atoms with Gasteiger partial charge in [0.1, 0.15) is 6.10 Å². The van der Waals surface area contributed by atoms with Gasteiger partial charge < -0.3 is 10.2 Å². The van der Waals surface area contributed by atoms with Crippen LogP contribution in [0.15, 0.2) is 0 Å². The van der Waals surface area contributed by atoms with E-state index >= 15 is 0 Å². The molecule has 0 spiro atoms. The lowest BCUT2D eigenvalue weighted by molar-refractivity contribution is -0.128. The van der Waals surface area contributed by atoms with Crippen LogP contribution in [0.5, 0.6) is 0 Å². The van der Waals surface area contributed by atoms with Crippen molar-refractivity contribution in [1.82, 2.24) is 0 Å². The van der Waals surface area contributed by atoms with Gasteiger partial charge >= 0.3 is 0 Å². The molecule has 2 N–H and O–H groups in total. The summed E-state index contributed by atoms with van der Waals surface area (Å²) in [4.78, 5) is 10.4. The number of aliphatic hydroxyl groups is 2. The third-order valence-corrected chi connectivity index (χ3v) is 1.24. The van der Waals surface area contributed by atoms with Gasteiger partial charge in [-0.25, -0.2) is 0 Å². The molecule has 0 aliphatic heterocycles. The predicted molar refractivity (Wildman–Crippen MR) is 32.9 cm³/mol. The molecule has 2 atom stereocenters. The van der Waals surface area contributed by atoms with Crippen molar-refractivity contribution in [3.05, 3.63) is 0 Å². The lowest BCUT2D eigenvalue weighted by Crippen LogP contribution is -2.27. The molecule has 0 heterocycles. The SMILES string of the molecule is CC(=O)[C@H](O)[C@@H](C)CO. The second-order valence-corrected chi connectivity index (χ2v) is 2.22. The largest absolute Gasteiger partial charge is 0.396 e. The zero-order chi connectivity index (χ0) is 7.44. The smallest absolute Gasteiger partial charge is 0.158 e. The summed E-state index contributed by atoms with van der Waals surface area (Å²) in [5.74, 6) is -0.640. The maximum atomic E-state index is 10.4. The van der Waals surface area contributed by atoms with Gasteiger partial charge in [0.2, 0.25) is 0 Å². The normalized spacial score (nSPS) is 16.9. The molecule has 3 heteroatoms. The van der Waals surface area contributed by atoms with Crippen molar-refractivity contribution in [2.75, 3.05) is 6.61 Å². The summed E-state index contributed by atoms with van der Waals surface area (Å²) < 4.78 is 0. The molecule has 0 fully saturated rings. The van der Waals surface area contributed by atoms with Crippen molar-refractivity contribution in [3.63, 3.8) is 0 Å². The van der Waals surface area contributed by atoms with Crippen molar-refractivity contribution >= 4 is 5.78 Å². The van der Waals surface area contributed by atoms with Gasteiger partial charge in [-0.15, -0.1) is 0 Å². The Kier molecular flexibility index (Phi) is 3.42. The molecular formula is C6H12O3. The Morgan fingerprint density at radius 1 is 1.67 bits per heavy atom. The van der Waals surface area contributed by atoms with Crippen molar-refractivity contribution in [1.29, 1.82) is 0 Å². The summed E-state index contributed by atoms with van der Waals surface area (Å²) in [7, 11) is 0. The van der Waals surface area contributed by atoms with Crippen LogP contribution in [0.2, 0.25) is 0 Å². The van der Waals surface area contributed by atoms with Gasteiger partial charge in [-0.3, -0.25) is 4.79 Å². The molecule has 3 nitrogen and oxygen atoms in total. The molecule has 0 unspecified atom stereocenters. The highest BCUT2D eigenvalue weighted by Gasteiger charge is 2.16. The Labute approximate surface area is 54.3 Å². The summed E-state index contributed by atoms with van der Waals surface area (Å²) in [5, 5.41) is 17.3. The molecule has 0 radical (unpaired) electrons. The van der Waals surface area contributed by atoms with Gasteiger partial charge in [0.15, 0.2) is 5.78 Å². The summed E-state index contributed by atoms with van der Waals surface area (Å²) in [5.41, 5.74) is 0. The number of hydrogen-bond acceptors (Lipinski definition) is 3. The first-order valence-corrected chi connectivity index (χ1v) is 2.89. The molecule has 0 aliphatic carbocycles. The quantitative estimate of drug-likeness (QED) is 0.547. The van der Waals surface area contributed by atoms with Crippen LogP contribution in [0.25, 0.3) is 0 Å². The standard InChI is InChI=1S/C6H12O3/c1-4(3-7)6(9)5(2)8/h4,6-7,9H,3H2,1-2H3/t4-,6+/m0/s1. The van der Waals surface area contributed by atoms with Gasteiger partial charge in [-0.1, -0.05) is 6.92 Å². The minimum Gasteiger partial charge on any atom is -0.396 e. The number of carbonyl (C=O) groups excluding carboxylic acids is 1. The fourth-order valence-electron chi connectivity index (χ4n) is 0.501. The topological polar surface area (TPSA) is 57.5 Å². The molecule has 0 amide bonds. The van der Waals surface area contributed by atoms with Crippen LogP contribution in [0.3, 0.4) is 0 Å². The van der Waals surface area contributed by atoms with Crippen molar-refractivity contribution in [2.45, 2.75) is 20.0 Å². The van der Waals surface area contributed by atoms with E-state index in [4.69, 9.17) is 10.2 Å². The number of hydrogen-bond donors (Lipinski definition) is 2. The zero-order valence-electron chi connectivity index (χ0n) is 5.66. The summed E-state index contributed by atoms with van der Waals surface area (Å²) in [6, 6.07) is 0. The Morgan fingerprint density at radius 3 is 2.22 bits per heavy atom. The van der Waals surface area contributed by atoms with Crippen LogP contribution in [0.1, 0.15) is 13.8 Å². The Balaban J connectivity index is 3.72. The van der Waals surface area contributed by atoms with Gasteiger partial charge in [-0.2, -0.15) is 0 Å². The second-order valence-electron chi connectivity index (χ2n) is 2.22. The predicted octanol–water partition coefficient (Wildman–Crippen LogP) is -0.435. The van der Waals surface area contributed by atoms with E-state index in [1.54, 1.807) is 6.92 Å². The fourth-order valence-corrected chi connectivity index (χ4v) is 0.501. The molecule has 0 aromatic rings. The van der Waals surface area contributed by atoms with Crippen molar-refractivity contribution in [2.24, 2.45) is 5.92 Å². The number of rotatable bonds is 3. The lowest BCUT2D eigenvalue weighted by atomic mass is 10.0.